The summed E-state index contributed by atoms with van der Waals surface area (Å²) in [5.41, 5.74) is 5.92. The van der Waals surface area contributed by atoms with Crippen LogP contribution in [0.3, 0.4) is 0 Å². The molecule has 0 bridgehead atoms. The van der Waals surface area contributed by atoms with Crippen molar-refractivity contribution in [3.63, 3.8) is 0 Å². The van der Waals surface area contributed by atoms with Crippen molar-refractivity contribution < 1.29 is 20.1 Å². The van der Waals surface area contributed by atoms with Crippen molar-refractivity contribution in [1.29, 1.82) is 0 Å². The van der Waals surface area contributed by atoms with Gasteiger partial charge in [-0.15, -0.1) is 0 Å². The summed E-state index contributed by atoms with van der Waals surface area (Å²) >= 11 is 0. The molecule has 1 aliphatic heterocycles. The first-order chi connectivity index (χ1) is 12.5. The van der Waals surface area contributed by atoms with Crippen molar-refractivity contribution >= 4 is 11.2 Å². The van der Waals surface area contributed by atoms with Crippen LogP contribution in [0.15, 0.2) is 17.4 Å². The van der Waals surface area contributed by atoms with Gasteiger partial charge < -0.3 is 30.8 Å². The first-order valence-electron chi connectivity index (χ1n) is 8.52. The fourth-order valence-electron chi connectivity index (χ4n) is 3.18. The molecule has 7 N–H and O–H groups in total. The van der Waals surface area contributed by atoms with Gasteiger partial charge in [0.1, 0.15) is 18.4 Å². The van der Waals surface area contributed by atoms with Crippen LogP contribution in [-0.4, -0.2) is 72.0 Å². The van der Waals surface area contributed by atoms with Crippen LogP contribution in [0.2, 0.25) is 0 Å². The Hall–Kier alpha value is -1.89. The van der Waals surface area contributed by atoms with Gasteiger partial charge in [-0.25, -0.2) is 9.97 Å². The number of fused-ring (bicyclic) bond motifs is 1. The second-order valence-corrected chi connectivity index (χ2v) is 6.38. The number of H-pyrrole nitrogens is 1. The summed E-state index contributed by atoms with van der Waals surface area (Å²) in [6, 6.07) is -1.31. The number of aliphatic hydroxyl groups is 3. The van der Waals surface area contributed by atoms with E-state index in [1.54, 1.807) is 0 Å². The van der Waals surface area contributed by atoms with Crippen LogP contribution in [0.5, 0.6) is 0 Å². The number of aliphatic hydroxyl groups excluding tert-OH is 3. The smallest absolute Gasteiger partial charge is 0.278 e. The summed E-state index contributed by atoms with van der Waals surface area (Å²) in [6.07, 6.45) is 0.111. The largest absolute Gasteiger partial charge is 0.394 e. The molecule has 3 rings (SSSR count). The zero-order valence-electron chi connectivity index (χ0n) is 14.3. The zero-order valence-corrected chi connectivity index (χ0v) is 14.3. The Labute approximate surface area is 148 Å². The molecule has 2 aromatic heterocycles. The number of aromatic nitrogens is 4. The Balaban J connectivity index is 1.92. The van der Waals surface area contributed by atoms with E-state index in [0.717, 1.165) is 6.42 Å². The van der Waals surface area contributed by atoms with E-state index in [1.165, 1.54) is 17.2 Å². The van der Waals surface area contributed by atoms with Crippen molar-refractivity contribution in [3.05, 3.63) is 23.0 Å². The predicted octanol–water partition coefficient (Wildman–Crippen LogP) is -2.23. The molecule has 0 spiro atoms. The minimum absolute atomic E-state index is 0.125. The minimum Gasteiger partial charge on any atom is -0.394 e. The number of nitrogens with one attached hydrogen (secondary N) is 2. The number of hydrogen-bond acceptors (Lipinski definition) is 9. The van der Waals surface area contributed by atoms with E-state index in [-0.39, 0.29) is 11.2 Å². The summed E-state index contributed by atoms with van der Waals surface area (Å²) in [7, 11) is 0. The molecule has 1 aliphatic rings. The second-order valence-electron chi connectivity index (χ2n) is 6.38. The molecule has 11 heteroatoms. The first kappa shape index (κ1) is 18.9. The van der Waals surface area contributed by atoms with Gasteiger partial charge in [0.25, 0.3) is 5.56 Å². The standard InChI is InChI=1S/C15H24N6O5/c1-2-3-7(16)13(24)20-9-11(23)8(4-22)26-15(9)21-6-19-10-12(21)17-5-18-14(10)25/h5-9,11,13,15,20,22-24H,2-4,16H2,1H3,(H,17,18,25)/t7?,8-,9?,11+,13?,15-/m1/s1. The van der Waals surface area contributed by atoms with Crippen molar-refractivity contribution in [2.24, 2.45) is 5.73 Å². The fourth-order valence-corrected chi connectivity index (χ4v) is 3.18. The molecule has 0 saturated carbocycles. The predicted molar refractivity (Wildman–Crippen MR) is 91.0 cm³/mol. The normalized spacial score (nSPS) is 28.5. The van der Waals surface area contributed by atoms with Gasteiger partial charge in [-0.05, 0) is 6.42 Å². The summed E-state index contributed by atoms with van der Waals surface area (Å²) in [5, 5.41) is 33.1. The Bertz CT molecular complexity index is 794. The minimum atomic E-state index is -1.10. The highest BCUT2D eigenvalue weighted by Gasteiger charge is 2.46. The van der Waals surface area contributed by atoms with Gasteiger partial charge in [-0.2, -0.15) is 0 Å². The molecule has 2 aromatic rings. The molecule has 0 amide bonds. The van der Waals surface area contributed by atoms with E-state index in [2.05, 4.69) is 20.3 Å². The molecule has 0 aliphatic carbocycles. The number of rotatable bonds is 7. The van der Waals surface area contributed by atoms with E-state index in [0.29, 0.717) is 6.42 Å². The Morgan fingerprint density at radius 1 is 1.50 bits per heavy atom. The number of hydrogen-bond donors (Lipinski definition) is 6. The van der Waals surface area contributed by atoms with Crippen LogP contribution in [0.25, 0.3) is 11.2 Å². The van der Waals surface area contributed by atoms with E-state index in [1.807, 2.05) is 6.92 Å². The van der Waals surface area contributed by atoms with Crippen LogP contribution in [-0.2, 0) is 4.74 Å². The molecule has 0 aromatic carbocycles. The van der Waals surface area contributed by atoms with Crippen LogP contribution in [0, 0.1) is 0 Å². The summed E-state index contributed by atoms with van der Waals surface area (Å²) < 4.78 is 7.21. The quantitative estimate of drug-likeness (QED) is 0.296. The maximum absolute atomic E-state index is 11.8. The van der Waals surface area contributed by atoms with Crippen molar-refractivity contribution in [1.82, 2.24) is 24.8 Å². The lowest BCUT2D eigenvalue weighted by molar-refractivity contribution is -0.0451. The molecule has 0 radical (unpaired) electrons. The summed E-state index contributed by atoms with van der Waals surface area (Å²) in [4.78, 5) is 22.4. The number of nitrogens with zero attached hydrogens (tertiary/aromatic N) is 3. The molecule has 6 atom stereocenters. The van der Waals surface area contributed by atoms with Gasteiger partial charge in [-0.1, -0.05) is 13.3 Å². The summed E-state index contributed by atoms with van der Waals surface area (Å²) in [6.45, 7) is 1.54. The second kappa shape index (κ2) is 7.78. The van der Waals surface area contributed by atoms with Gasteiger partial charge in [0, 0.05) is 6.04 Å². The van der Waals surface area contributed by atoms with E-state index < -0.39 is 48.9 Å². The molecule has 11 nitrogen and oxygen atoms in total. The number of aromatic amines is 1. The first-order valence-corrected chi connectivity index (χ1v) is 8.52. The van der Waals surface area contributed by atoms with Gasteiger partial charge in [0.15, 0.2) is 17.4 Å². The molecule has 3 heterocycles. The van der Waals surface area contributed by atoms with Gasteiger partial charge in [0.05, 0.1) is 25.3 Å². The average Bonchev–Trinajstić information content (AvgIpc) is 3.18. The monoisotopic (exact) mass is 368 g/mol. The topological polar surface area (TPSA) is 172 Å². The lowest BCUT2D eigenvalue weighted by Gasteiger charge is -2.28. The maximum atomic E-state index is 11.8. The lowest BCUT2D eigenvalue weighted by Crippen LogP contribution is -2.54. The van der Waals surface area contributed by atoms with Crippen LogP contribution in [0.4, 0.5) is 0 Å². The van der Waals surface area contributed by atoms with Gasteiger partial charge in [0.2, 0.25) is 0 Å². The third-order valence-corrected chi connectivity index (χ3v) is 4.58. The molecule has 1 fully saturated rings. The number of nitrogens with two attached hydrogens (primary N) is 1. The SMILES string of the molecule is CCCC(N)C(O)NC1[C@@H](O)[C@@H](CO)O[C@H]1n1cnc2c(=O)[nH]cnc21. The van der Waals surface area contributed by atoms with Gasteiger partial charge >= 0.3 is 0 Å². The highest BCUT2D eigenvalue weighted by atomic mass is 16.5. The van der Waals surface area contributed by atoms with Crippen molar-refractivity contribution in [2.45, 2.75) is 56.5 Å². The highest BCUT2D eigenvalue weighted by Crippen LogP contribution is 2.31. The molecule has 144 valence electrons. The third-order valence-electron chi connectivity index (χ3n) is 4.58. The van der Waals surface area contributed by atoms with E-state index in [4.69, 9.17) is 10.5 Å². The number of imidazole rings is 1. The van der Waals surface area contributed by atoms with Crippen LogP contribution in [0.1, 0.15) is 26.0 Å². The van der Waals surface area contributed by atoms with Crippen LogP contribution < -0.4 is 16.6 Å². The van der Waals surface area contributed by atoms with Crippen molar-refractivity contribution in [3.8, 4) is 0 Å². The highest BCUT2D eigenvalue weighted by molar-refractivity contribution is 5.68. The zero-order chi connectivity index (χ0) is 18.8. The maximum Gasteiger partial charge on any atom is 0.278 e. The Morgan fingerprint density at radius 3 is 2.96 bits per heavy atom. The molecule has 26 heavy (non-hydrogen) atoms. The third kappa shape index (κ3) is 3.37. The molecule has 1 saturated heterocycles. The van der Waals surface area contributed by atoms with E-state index >= 15 is 0 Å². The van der Waals surface area contributed by atoms with Gasteiger partial charge in [-0.3, -0.25) is 14.7 Å². The molecule has 3 unspecified atom stereocenters. The fraction of sp³-hybridized carbons (Fsp3) is 0.667. The Kier molecular flexibility index (Phi) is 5.65. The summed E-state index contributed by atoms with van der Waals surface area (Å²) in [5.74, 6) is 0. The van der Waals surface area contributed by atoms with E-state index in [9.17, 15) is 20.1 Å². The average molecular weight is 368 g/mol. The molecular formula is C15H24N6O5. The Morgan fingerprint density at radius 2 is 2.27 bits per heavy atom. The number of ether oxygens (including phenoxy) is 1. The lowest BCUT2D eigenvalue weighted by atomic mass is 10.1. The van der Waals surface area contributed by atoms with Crippen LogP contribution >= 0.6 is 0 Å². The van der Waals surface area contributed by atoms with Crippen molar-refractivity contribution in [2.75, 3.05) is 6.61 Å². The molecular weight excluding hydrogens is 344 g/mol.